The van der Waals surface area contributed by atoms with Crippen LogP contribution in [0.1, 0.15) is 11.1 Å². The topological polar surface area (TPSA) is 72.6 Å². The summed E-state index contributed by atoms with van der Waals surface area (Å²) in [6.07, 6.45) is 0.842. The molecular weight excluding hydrogens is 392 g/mol. The molecule has 0 aliphatic carbocycles. The number of halogens is 1. The van der Waals surface area contributed by atoms with Crippen molar-refractivity contribution in [3.8, 4) is 5.75 Å². The highest BCUT2D eigenvalue weighted by Crippen LogP contribution is 2.26. The van der Waals surface area contributed by atoms with Crippen molar-refractivity contribution in [1.82, 2.24) is 4.90 Å². The smallest absolute Gasteiger partial charge is 0.238 e. The van der Waals surface area contributed by atoms with Gasteiger partial charge in [-0.1, -0.05) is 28.1 Å². The number of sulfonamides is 1. The lowest BCUT2D eigenvalue weighted by Gasteiger charge is -2.19. The summed E-state index contributed by atoms with van der Waals surface area (Å²) in [6.45, 7) is 3.24. The standard InChI is InChI=1S/C17H19BrN2O3S/c18-15-3-6-17-14(11-15)12-20(9-10-23-17)8-7-13-1-4-16(5-2-13)24(19,21)22/h1-6,11H,7-10,12H2,(H2,19,21,22). The zero-order chi connectivity index (χ0) is 17.2. The maximum Gasteiger partial charge on any atom is 0.238 e. The highest BCUT2D eigenvalue weighted by molar-refractivity contribution is 9.10. The number of rotatable bonds is 4. The fourth-order valence-electron chi connectivity index (χ4n) is 2.74. The third kappa shape index (κ3) is 4.36. The molecule has 0 fully saturated rings. The van der Waals surface area contributed by atoms with E-state index >= 15 is 0 Å². The molecule has 24 heavy (non-hydrogen) atoms. The van der Waals surface area contributed by atoms with Crippen LogP contribution in [0.3, 0.4) is 0 Å². The first-order valence-corrected chi connectivity index (χ1v) is 10.0. The van der Waals surface area contributed by atoms with Crippen molar-refractivity contribution in [2.45, 2.75) is 17.9 Å². The van der Waals surface area contributed by atoms with Crippen LogP contribution in [0.2, 0.25) is 0 Å². The summed E-state index contributed by atoms with van der Waals surface area (Å²) in [7, 11) is -3.63. The highest BCUT2D eigenvalue weighted by atomic mass is 79.9. The summed E-state index contributed by atoms with van der Waals surface area (Å²) in [5.74, 6) is 0.943. The average molecular weight is 411 g/mol. The van der Waals surface area contributed by atoms with Gasteiger partial charge in [0.15, 0.2) is 0 Å². The Morgan fingerprint density at radius 3 is 2.62 bits per heavy atom. The second-order valence-corrected chi connectivity index (χ2v) is 8.29. The van der Waals surface area contributed by atoms with E-state index in [4.69, 9.17) is 9.88 Å². The van der Waals surface area contributed by atoms with Gasteiger partial charge in [0.05, 0.1) is 4.90 Å². The summed E-state index contributed by atoms with van der Waals surface area (Å²) in [4.78, 5) is 2.49. The fraction of sp³-hybridized carbons (Fsp3) is 0.294. The predicted octanol–water partition coefficient (Wildman–Crippen LogP) is 2.53. The molecule has 0 spiro atoms. The Morgan fingerprint density at radius 1 is 1.17 bits per heavy atom. The molecular formula is C17H19BrN2O3S. The highest BCUT2D eigenvalue weighted by Gasteiger charge is 2.15. The first-order chi connectivity index (χ1) is 11.4. The molecule has 1 aliphatic heterocycles. The molecule has 2 N–H and O–H groups in total. The maximum atomic E-state index is 11.3. The zero-order valence-electron chi connectivity index (χ0n) is 13.1. The first kappa shape index (κ1) is 17.4. The van der Waals surface area contributed by atoms with E-state index in [9.17, 15) is 8.42 Å². The van der Waals surface area contributed by atoms with Gasteiger partial charge in [-0.3, -0.25) is 4.90 Å². The van der Waals surface area contributed by atoms with Crippen LogP contribution in [0, 0.1) is 0 Å². The van der Waals surface area contributed by atoms with Crippen molar-refractivity contribution in [3.63, 3.8) is 0 Å². The number of hydrogen-bond donors (Lipinski definition) is 1. The molecule has 1 heterocycles. The summed E-state index contributed by atoms with van der Waals surface area (Å²) in [6, 6.07) is 12.8. The van der Waals surface area contributed by atoms with E-state index in [-0.39, 0.29) is 4.90 Å². The number of primary sulfonamides is 1. The molecule has 0 aromatic heterocycles. The summed E-state index contributed by atoms with van der Waals surface area (Å²) < 4.78 is 29.4. The lowest BCUT2D eigenvalue weighted by atomic mass is 10.1. The SMILES string of the molecule is NS(=O)(=O)c1ccc(CCN2CCOc3ccc(Br)cc3C2)cc1. The van der Waals surface area contributed by atoms with E-state index in [1.54, 1.807) is 12.1 Å². The number of benzene rings is 2. The van der Waals surface area contributed by atoms with Crippen molar-refractivity contribution < 1.29 is 13.2 Å². The Labute approximate surface area is 150 Å². The molecule has 7 heteroatoms. The normalized spacial score (nSPS) is 15.4. The number of nitrogens with zero attached hydrogens (tertiary/aromatic N) is 1. The molecule has 0 unspecified atom stereocenters. The third-order valence-electron chi connectivity index (χ3n) is 4.05. The number of nitrogens with two attached hydrogens (primary N) is 1. The molecule has 2 aromatic rings. The summed E-state index contributed by atoms with van der Waals surface area (Å²) in [5.41, 5.74) is 2.26. The predicted molar refractivity (Wildman–Crippen MR) is 96.4 cm³/mol. The van der Waals surface area contributed by atoms with E-state index in [1.165, 1.54) is 5.56 Å². The minimum atomic E-state index is -3.63. The van der Waals surface area contributed by atoms with Crippen molar-refractivity contribution in [1.29, 1.82) is 0 Å². The van der Waals surface area contributed by atoms with E-state index in [2.05, 4.69) is 26.9 Å². The van der Waals surface area contributed by atoms with E-state index in [0.717, 1.165) is 41.8 Å². The van der Waals surface area contributed by atoms with Crippen LogP contribution < -0.4 is 9.88 Å². The Balaban J connectivity index is 1.64. The molecule has 1 aliphatic rings. The monoisotopic (exact) mass is 410 g/mol. The molecule has 0 bridgehead atoms. The first-order valence-electron chi connectivity index (χ1n) is 7.67. The molecule has 2 aromatic carbocycles. The average Bonchev–Trinajstić information content (AvgIpc) is 2.74. The van der Waals surface area contributed by atoms with Crippen molar-refractivity contribution >= 4 is 26.0 Å². The van der Waals surface area contributed by atoms with Crippen LogP contribution >= 0.6 is 15.9 Å². The molecule has 128 valence electrons. The van der Waals surface area contributed by atoms with E-state index in [0.29, 0.717) is 6.61 Å². The number of hydrogen-bond acceptors (Lipinski definition) is 4. The Kier molecular flexibility index (Phi) is 5.24. The van der Waals surface area contributed by atoms with Crippen molar-refractivity contribution in [2.24, 2.45) is 5.14 Å². The van der Waals surface area contributed by atoms with Gasteiger partial charge in [-0.05, 0) is 42.3 Å². The van der Waals surface area contributed by atoms with Gasteiger partial charge < -0.3 is 4.74 Å². The Morgan fingerprint density at radius 2 is 1.92 bits per heavy atom. The van der Waals surface area contributed by atoms with Crippen LogP contribution in [0.15, 0.2) is 51.8 Å². The lowest BCUT2D eigenvalue weighted by Crippen LogP contribution is -2.28. The molecule has 0 atom stereocenters. The summed E-state index contributed by atoms with van der Waals surface area (Å²) in [5, 5.41) is 5.12. The Bertz CT molecular complexity index is 822. The lowest BCUT2D eigenvalue weighted by molar-refractivity contribution is 0.228. The fourth-order valence-corrected chi connectivity index (χ4v) is 3.66. The van der Waals surface area contributed by atoms with Crippen LogP contribution in [0.4, 0.5) is 0 Å². The third-order valence-corrected chi connectivity index (χ3v) is 5.47. The van der Waals surface area contributed by atoms with Gasteiger partial charge in [-0.25, -0.2) is 13.6 Å². The molecule has 3 rings (SSSR count). The molecule has 0 amide bonds. The van der Waals surface area contributed by atoms with Crippen molar-refractivity contribution in [2.75, 3.05) is 19.7 Å². The zero-order valence-corrected chi connectivity index (χ0v) is 15.5. The van der Waals surface area contributed by atoms with Gasteiger partial charge >= 0.3 is 0 Å². The largest absolute Gasteiger partial charge is 0.492 e. The quantitative estimate of drug-likeness (QED) is 0.840. The maximum absolute atomic E-state index is 11.3. The molecule has 0 radical (unpaired) electrons. The van der Waals surface area contributed by atoms with Crippen LogP contribution in [-0.2, 0) is 23.0 Å². The summed E-state index contributed by atoms with van der Waals surface area (Å²) >= 11 is 3.50. The minimum absolute atomic E-state index is 0.146. The van der Waals surface area contributed by atoms with Gasteiger partial charge in [0.2, 0.25) is 10.0 Å². The number of ether oxygens (including phenoxy) is 1. The second-order valence-electron chi connectivity index (χ2n) is 5.82. The second kappa shape index (κ2) is 7.23. The molecule has 5 nitrogen and oxygen atoms in total. The molecule has 0 saturated heterocycles. The van der Waals surface area contributed by atoms with Crippen LogP contribution in [0.5, 0.6) is 5.75 Å². The Hall–Kier alpha value is -1.41. The van der Waals surface area contributed by atoms with Crippen LogP contribution in [-0.4, -0.2) is 33.0 Å². The minimum Gasteiger partial charge on any atom is -0.492 e. The van der Waals surface area contributed by atoms with Gasteiger partial charge in [0, 0.05) is 29.7 Å². The van der Waals surface area contributed by atoms with Gasteiger partial charge in [0.1, 0.15) is 12.4 Å². The van der Waals surface area contributed by atoms with Gasteiger partial charge in [0.25, 0.3) is 0 Å². The van der Waals surface area contributed by atoms with E-state index < -0.39 is 10.0 Å². The molecule has 0 saturated carbocycles. The van der Waals surface area contributed by atoms with Crippen LogP contribution in [0.25, 0.3) is 0 Å². The van der Waals surface area contributed by atoms with Crippen molar-refractivity contribution in [3.05, 3.63) is 58.1 Å². The van der Waals surface area contributed by atoms with E-state index in [1.807, 2.05) is 24.3 Å². The van der Waals surface area contributed by atoms with Gasteiger partial charge in [-0.2, -0.15) is 0 Å². The number of fused-ring (bicyclic) bond motifs is 1. The van der Waals surface area contributed by atoms with Gasteiger partial charge in [-0.15, -0.1) is 0 Å².